The summed E-state index contributed by atoms with van der Waals surface area (Å²) in [4.78, 5) is 0. The van der Waals surface area contributed by atoms with Gasteiger partial charge in [0.2, 0.25) is 0 Å². The topological polar surface area (TPSA) is 92.5 Å². The molecular weight excluding hydrogens is 156 g/mol. The summed E-state index contributed by atoms with van der Waals surface area (Å²) in [6.07, 6.45) is 5.76. The number of hydrogen-bond donors (Lipinski definition) is 4. The van der Waals surface area contributed by atoms with Gasteiger partial charge in [0.05, 0.1) is 12.1 Å². The van der Waals surface area contributed by atoms with E-state index in [4.69, 9.17) is 16.6 Å². The normalized spacial score (nSPS) is 36.8. The van der Waals surface area contributed by atoms with Gasteiger partial charge in [-0.25, -0.2) is 0 Å². The first kappa shape index (κ1) is 9.41. The third-order valence-corrected chi connectivity index (χ3v) is 2.14. The number of hydrogen-bond acceptors (Lipinski definition) is 4. The first-order valence-corrected chi connectivity index (χ1v) is 3.80. The highest BCUT2D eigenvalue weighted by atomic mass is 16.3. The maximum absolute atomic E-state index is 9.37. The summed E-state index contributed by atoms with van der Waals surface area (Å²) in [5.41, 5.74) is 10.4. The van der Waals surface area contributed by atoms with Crippen molar-refractivity contribution in [2.45, 2.75) is 17.7 Å². The van der Waals surface area contributed by atoms with Gasteiger partial charge in [-0.05, 0) is 0 Å². The summed E-state index contributed by atoms with van der Waals surface area (Å²) in [7, 11) is 0. The van der Waals surface area contributed by atoms with Crippen molar-refractivity contribution in [2.24, 2.45) is 11.5 Å². The molecule has 0 heterocycles. The largest absolute Gasteiger partial charge is 0.394 e. The number of allylic oxidation sites excluding steroid dienone is 2. The SMILES string of the molecule is NC1C=CC=CC1(N)C(O)CO. The Balaban J connectivity index is 2.82. The van der Waals surface area contributed by atoms with E-state index in [1.807, 2.05) is 0 Å². The number of aliphatic hydroxyl groups excluding tert-OH is 2. The molecule has 0 radical (unpaired) electrons. The van der Waals surface area contributed by atoms with Crippen molar-refractivity contribution in [3.05, 3.63) is 24.3 Å². The standard InChI is InChI=1S/C8H14N2O2/c9-6-3-1-2-4-8(6,10)7(12)5-11/h1-4,6-7,11-12H,5,9-10H2. The van der Waals surface area contributed by atoms with Gasteiger partial charge in [-0.15, -0.1) is 0 Å². The van der Waals surface area contributed by atoms with Crippen molar-refractivity contribution in [1.82, 2.24) is 0 Å². The molecule has 0 spiro atoms. The average Bonchev–Trinajstić information content (AvgIpc) is 2.09. The first-order valence-electron chi connectivity index (χ1n) is 3.80. The predicted molar refractivity (Wildman–Crippen MR) is 46.3 cm³/mol. The van der Waals surface area contributed by atoms with Gasteiger partial charge in [-0.1, -0.05) is 24.3 Å². The Hall–Kier alpha value is -0.680. The van der Waals surface area contributed by atoms with Gasteiger partial charge >= 0.3 is 0 Å². The van der Waals surface area contributed by atoms with Crippen LogP contribution in [0.1, 0.15) is 0 Å². The molecule has 1 aliphatic carbocycles. The maximum Gasteiger partial charge on any atom is 0.100 e. The molecule has 68 valence electrons. The molecule has 12 heavy (non-hydrogen) atoms. The second-order valence-corrected chi connectivity index (χ2v) is 2.97. The minimum atomic E-state index is -1.04. The molecule has 4 heteroatoms. The molecule has 1 aliphatic rings. The fourth-order valence-electron chi connectivity index (χ4n) is 1.18. The third-order valence-electron chi connectivity index (χ3n) is 2.14. The molecule has 6 N–H and O–H groups in total. The minimum Gasteiger partial charge on any atom is -0.394 e. The third kappa shape index (κ3) is 1.42. The molecule has 1 rings (SSSR count). The zero-order chi connectivity index (χ0) is 9.19. The summed E-state index contributed by atoms with van der Waals surface area (Å²) in [5, 5.41) is 18.1. The molecule has 3 unspecified atom stereocenters. The van der Waals surface area contributed by atoms with Crippen molar-refractivity contribution >= 4 is 0 Å². The van der Waals surface area contributed by atoms with Crippen molar-refractivity contribution < 1.29 is 10.2 Å². The van der Waals surface area contributed by atoms with Crippen LogP contribution >= 0.6 is 0 Å². The molecule has 0 bridgehead atoms. The lowest BCUT2D eigenvalue weighted by molar-refractivity contribution is 0.0438. The number of rotatable bonds is 2. The van der Waals surface area contributed by atoms with E-state index in [-0.39, 0.29) is 6.61 Å². The van der Waals surface area contributed by atoms with Crippen LogP contribution in [0.3, 0.4) is 0 Å². The summed E-state index contributed by atoms with van der Waals surface area (Å²) >= 11 is 0. The zero-order valence-electron chi connectivity index (χ0n) is 6.72. The minimum absolute atomic E-state index is 0.387. The van der Waals surface area contributed by atoms with E-state index in [1.165, 1.54) is 0 Å². The van der Waals surface area contributed by atoms with Gasteiger partial charge in [-0.3, -0.25) is 0 Å². The van der Waals surface area contributed by atoms with Gasteiger partial charge in [0.15, 0.2) is 0 Å². The fraction of sp³-hybridized carbons (Fsp3) is 0.500. The van der Waals surface area contributed by atoms with Crippen molar-refractivity contribution in [2.75, 3.05) is 6.61 Å². The van der Waals surface area contributed by atoms with E-state index < -0.39 is 17.7 Å². The first-order chi connectivity index (χ1) is 5.61. The van der Waals surface area contributed by atoms with Gasteiger partial charge in [0.25, 0.3) is 0 Å². The lowest BCUT2D eigenvalue weighted by atomic mass is 9.83. The lowest BCUT2D eigenvalue weighted by Gasteiger charge is -2.35. The van der Waals surface area contributed by atoms with Crippen molar-refractivity contribution in [1.29, 1.82) is 0 Å². The van der Waals surface area contributed by atoms with Gasteiger partial charge in [-0.2, -0.15) is 0 Å². The second kappa shape index (κ2) is 3.37. The van der Waals surface area contributed by atoms with E-state index >= 15 is 0 Å². The molecule has 0 saturated heterocycles. The highest BCUT2D eigenvalue weighted by Gasteiger charge is 2.36. The zero-order valence-corrected chi connectivity index (χ0v) is 6.72. The summed E-state index contributed by atoms with van der Waals surface area (Å²) < 4.78 is 0. The van der Waals surface area contributed by atoms with E-state index in [0.29, 0.717) is 0 Å². The van der Waals surface area contributed by atoms with Gasteiger partial charge in [0.1, 0.15) is 6.10 Å². The predicted octanol–water partition coefficient (Wildman–Crippen LogP) is -1.51. The molecule has 3 atom stereocenters. The Morgan fingerprint density at radius 2 is 2.17 bits per heavy atom. The monoisotopic (exact) mass is 170 g/mol. The number of aliphatic hydroxyl groups is 2. The molecule has 0 saturated carbocycles. The smallest absolute Gasteiger partial charge is 0.100 e. The quantitative estimate of drug-likeness (QED) is 0.405. The van der Waals surface area contributed by atoms with Crippen LogP contribution < -0.4 is 11.5 Å². The maximum atomic E-state index is 9.37. The van der Waals surface area contributed by atoms with Crippen LogP contribution in [0.25, 0.3) is 0 Å². The second-order valence-electron chi connectivity index (χ2n) is 2.97. The summed E-state index contributed by atoms with van der Waals surface area (Å²) in [6.45, 7) is -0.387. The van der Waals surface area contributed by atoms with Crippen LogP contribution in [0.4, 0.5) is 0 Å². The van der Waals surface area contributed by atoms with Gasteiger partial charge in [0, 0.05) is 6.04 Å². The van der Waals surface area contributed by atoms with Crippen LogP contribution in [0.5, 0.6) is 0 Å². The summed E-state index contributed by atoms with van der Waals surface area (Å²) in [6, 6.07) is -0.454. The Kier molecular flexibility index (Phi) is 2.64. The molecule has 0 amide bonds. The fourth-order valence-corrected chi connectivity index (χ4v) is 1.18. The molecule has 0 aromatic heterocycles. The number of nitrogens with two attached hydrogens (primary N) is 2. The van der Waals surface area contributed by atoms with E-state index in [2.05, 4.69) is 0 Å². The lowest BCUT2D eigenvalue weighted by Crippen LogP contribution is -2.62. The van der Waals surface area contributed by atoms with Gasteiger partial charge < -0.3 is 21.7 Å². The molecule has 0 aromatic rings. The highest BCUT2D eigenvalue weighted by molar-refractivity contribution is 5.28. The van der Waals surface area contributed by atoms with Crippen LogP contribution in [0, 0.1) is 0 Å². The van der Waals surface area contributed by atoms with E-state index in [1.54, 1.807) is 24.3 Å². The highest BCUT2D eigenvalue weighted by Crippen LogP contribution is 2.17. The van der Waals surface area contributed by atoms with Crippen LogP contribution in [-0.4, -0.2) is 34.5 Å². The molecule has 0 aliphatic heterocycles. The molecule has 4 nitrogen and oxygen atoms in total. The van der Waals surface area contributed by atoms with Crippen LogP contribution in [0.2, 0.25) is 0 Å². The Morgan fingerprint density at radius 1 is 1.50 bits per heavy atom. The van der Waals surface area contributed by atoms with Crippen LogP contribution in [0.15, 0.2) is 24.3 Å². The van der Waals surface area contributed by atoms with E-state index in [9.17, 15) is 5.11 Å². The Morgan fingerprint density at radius 3 is 2.67 bits per heavy atom. The molecule has 0 fully saturated rings. The molecule has 0 aromatic carbocycles. The van der Waals surface area contributed by atoms with Crippen LogP contribution in [-0.2, 0) is 0 Å². The molecular formula is C8H14N2O2. The Labute approximate surface area is 71.2 Å². The summed E-state index contributed by atoms with van der Waals surface area (Å²) in [5.74, 6) is 0. The average molecular weight is 170 g/mol. The van der Waals surface area contributed by atoms with Crippen molar-refractivity contribution in [3.63, 3.8) is 0 Å². The van der Waals surface area contributed by atoms with Crippen molar-refractivity contribution in [3.8, 4) is 0 Å². The Bertz CT molecular complexity index is 215. The van der Waals surface area contributed by atoms with E-state index in [0.717, 1.165) is 0 Å².